The fraction of sp³-hybridized carbons (Fsp3) is 0.391. The predicted octanol–water partition coefficient (Wildman–Crippen LogP) is 4.04. The molecular formula is C23H27N3O4S2. The minimum atomic E-state index is -3.57. The van der Waals surface area contributed by atoms with Gasteiger partial charge in [-0.25, -0.2) is 8.42 Å². The summed E-state index contributed by atoms with van der Waals surface area (Å²) in [4.78, 5) is 25.7. The molecule has 2 heterocycles. The first-order chi connectivity index (χ1) is 15.1. The van der Waals surface area contributed by atoms with Crippen LogP contribution in [0.5, 0.6) is 0 Å². The van der Waals surface area contributed by atoms with Crippen molar-refractivity contribution >= 4 is 45.0 Å². The third kappa shape index (κ3) is 4.69. The molecule has 0 aliphatic carbocycles. The average molecular weight is 474 g/mol. The van der Waals surface area contributed by atoms with Gasteiger partial charge in [-0.1, -0.05) is 13.8 Å². The summed E-state index contributed by atoms with van der Waals surface area (Å²) >= 11 is 1.46. The van der Waals surface area contributed by atoms with Crippen LogP contribution in [-0.4, -0.2) is 42.9 Å². The molecule has 2 aliphatic heterocycles. The number of benzene rings is 2. The fourth-order valence-corrected chi connectivity index (χ4v) is 6.82. The number of thioether (sulfide) groups is 1. The topological polar surface area (TPSA) is 95.6 Å². The summed E-state index contributed by atoms with van der Waals surface area (Å²) in [5.41, 5.74) is 1.53. The second-order valence-electron chi connectivity index (χ2n) is 8.71. The van der Waals surface area contributed by atoms with Gasteiger partial charge in [0.15, 0.2) is 0 Å². The van der Waals surface area contributed by atoms with Gasteiger partial charge in [-0.2, -0.15) is 4.31 Å². The number of amides is 2. The monoisotopic (exact) mass is 473 g/mol. The van der Waals surface area contributed by atoms with Crippen molar-refractivity contribution in [2.75, 3.05) is 23.7 Å². The molecule has 2 N–H and O–H groups in total. The van der Waals surface area contributed by atoms with Crippen LogP contribution in [0.25, 0.3) is 0 Å². The lowest BCUT2D eigenvalue weighted by Crippen LogP contribution is -2.42. The molecule has 2 aromatic carbocycles. The van der Waals surface area contributed by atoms with Crippen LogP contribution in [0.15, 0.2) is 52.3 Å². The number of piperidine rings is 1. The quantitative estimate of drug-likeness (QED) is 0.699. The molecule has 0 aromatic heterocycles. The smallest absolute Gasteiger partial charge is 0.255 e. The molecule has 2 aromatic rings. The molecule has 0 spiro atoms. The summed E-state index contributed by atoms with van der Waals surface area (Å²) in [6, 6.07) is 11.4. The highest BCUT2D eigenvalue weighted by Gasteiger charge is 2.31. The maximum absolute atomic E-state index is 13.0. The summed E-state index contributed by atoms with van der Waals surface area (Å²) in [5.74, 6) is 0.236. The molecule has 7 nitrogen and oxygen atoms in total. The highest BCUT2D eigenvalue weighted by atomic mass is 32.2. The zero-order chi connectivity index (χ0) is 23.0. The van der Waals surface area contributed by atoms with Gasteiger partial charge in [-0.05, 0) is 67.6 Å². The highest BCUT2D eigenvalue weighted by molar-refractivity contribution is 8.01. The first kappa shape index (κ1) is 22.8. The van der Waals surface area contributed by atoms with E-state index in [4.69, 9.17) is 0 Å². The van der Waals surface area contributed by atoms with E-state index in [9.17, 15) is 18.0 Å². The minimum absolute atomic E-state index is 0.0886. The number of carbonyl (C=O) groups is 2. The van der Waals surface area contributed by atoms with Gasteiger partial charge in [0.25, 0.3) is 5.91 Å². The van der Waals surface area contributed by atoms with Gasteiger partial charge in [0, 0.05) is 29.2 Å². The number of fused-ring (bicyclic) bond motifs is 1. The van der Waals surface area contributed by atoms with E-state index in [1.54, 1.807) is 28.6 Å². The number of hydrogen-bond donors (Lipinski definition) is 2. The van der Waals surface area contributed by atoms with Crippen LogP contribution in [0.4, 0.5) is 11.4 Å². The lowest BCUT2D eigenvalue weighted by atomic mass is 9.94. The Bertz CT molecular complexity index is 1140. The molecule has 0 unspecified atom stereocenters. The molecular weight excluding hydrogens is 446 g/mol. The Hall–Kier alpha value is -2.36. The fourth-order valence-electron chi connectivity index (χ4n) is 4.21. The second-order valence-corrected chi connectivity index (χ2v) is 12.0. The summed E-state index contributed by atoms with van der Waals surface area (Å²) in [6.07, 6.45) is 1.03. The molecule has 2 amide bonds. The van der Waals surface area contributed by atoms with E-state index in [-0.39, 0.29) is 22.0 Å². The standard InChI is InChI=1S/C23H27N3O4S2/c1-14-10-15(2)13-26(12-14)32(29,30)19-7-5-18(6-8-19)24-23(28)17-4-9-21-20(11-17)25-22(27)16(3)31-21/h4-9,11,14-16H,10,12-13H2,1-3H3,(H,24,28)(H,25,27)/t14-,15+,16-/m0/s1. The van der Waals surface area contributed by atoms with Crippen molar-refractivity contribution in [1.82, 2.24) is 4.31 Å². The molecule has 2 aliphatic rings. The lowest BCUT2D eigenvalue weighted by Gasteiger charge is -2.34. The Balaban J connectivity index is 1.46. The van der Waals surface area contributed by atoms with Crippen molar-refractivity contribution in [3.8, 4) is 0 Å². The number of carbonyl (C=O) groups excluding carboxylic acids is 2. The maximum atomic E-state index is 13.0. The van der Waals surface area contributed by atoms with Crippen LogP contribution < -0.4 is 10.6 Å². The number of nitrogens with one attached hydrogen (secondary N) is 2. The first-order valence-corrected chi connectivity index (χ1v) is 13.0. The van der Waals surface area contributed by atoms with Crippen LogP contribution in [0.1, 0.15) is 37.6 Å². The molecule has 170 valence electrons. The van der Waals surface area contributed by atoms with Crippen molar-refractivity contribution < 1.29 is 18.0 Å². The molecule has 1 saturated heterocycles. The van der Waals surface area contributed by atoms with Crippen LogP contribution >= 0.6 is 11.8 Å². The van der Waals surface area contributed by atoms with Crippen molar-refractivity contribution in [2.24, 2.45) is 11.8 Å². The minimum Gasteiger partial charge on any atom is -0.324 e. The van der Waals surface area contributed by atoms with E-state index in [0.717, 1.165) is 11.3 Å². The molecule has 0 bridgehead atoms. The maximum Gasteiger partial charge on any atom is 0.255 e. The first-order valence-electron chi connectivity index (χ1n) is 10.7. The summed E-state index contributed by atoms with van der Waals surface area (Å²) in [7, 11) is -3.57. The van der Waals surface area contributed by atoms with Gasteiger partial charge < -0.3 is 10.6 Å². The number of hydrogen-bond acceptors (Lipinski definition) is 5. The Kier molecular flexibility index (Phi) is 6.33. The Morgan fingerprint density at radius 3 is 2.38 bits per heavy atom. The van der Waals surface area contributed by atoms with Crippen LogP contribution in [0.3, 0.4) is 0 Å². The van der Waals surface area contributed by atoms with E-state index in [2.05, 4.69) is 24.5 Å². The van der Waals surface area contributed by atoms with Gasteiger partial charge >= 0.3 is 0 Å². The molecule has 0 saturated carbocycles. The van der Waals surface area contributed by atoms with Crippen molar-refractivity contribution in [2.45, 2.75) is 42.2 Å². The van der Waals surface area contributed by atoms with Crippen molar-refractivity contribution in [1.29, 1.82) is 0 Å². The number of nitrogens with zero attached hydrogens (tertiary/aromatic N) is 1. The summed E-state index contributed by atoms with van der Waals surface area (Å²) < 4.78 is 27.6. The Labute approximate surface area is 193 Å². The summed E-state index contributed by atoms with van der Waals surface area (Å²) in [5, 5.41) is 5.44. The van der Waals surface area contributed by atoms with Gasteiger partial charge in [-0.15, -0.1) is 11.8 Å². The van der Waals surface area contributed by atoms with E-state index >= 15 is 0 Å². The molecule has 3 atom stereocenters. The lowest BCUT2D eigenvalue weighted by molar-refractivity contribution is -0.115. The second kappa shape index (κ2) is 8.88. The number of rotatable bonds is 4. The zero-order valence-corrected chi connectivity index (χ0v) is 19.9. The van der Waals surface area contributed by atoms with Crippen molar-refractivity contribution in [3.63, 3.8) is 0 Å². The van der Waals surface area contributed by atoms with Crippen LogP contribution in [-0.2, 0) is 14.8 Å². The van der Waals surface area contributed by atoms with Crippen molar-refractivity contribution in [3.05, 3.63) is 48.0 Å². The number of anilines is 2. The third-order valence-electron chi connectivity index (χ3n) is 5.76. The van der Waals surface area contributed by atoms with Gasteiger partial charge in [0.2, 0.25) is 15.9 Å². The van der Waals surface area contributed by atoms with Gasteiger partial charge in [0.1, 0.15) is 0 Å². The van der Waals surface area contributed by atoms with E-state index in [1.165, 1.54) is 23.9 Å². The average Bonchev–Trinajstić information content (AvgIpc) is 2.74. The Morgan fingerprint density at radius 1 is 1.06 bits per heavy atom. The molecule has 0 radical (unpaired) electrons. The van der Waals surface area contributed by atoms with Gasteiger partial charge in [-0.3, -0.25) is 9.59 Å². The third-order valence-corrected chi connectivity index (χ3v) is 8.78. The van der Waals surface area contributed by atoms with Crippen LogP contribution in [0, 0.1) is 11.8 Å². The molecule has 32 heavy (non-hydrogen) atoms. The Morgan fingerprint density at radius 2 is 1.72 bits per heavy atom. The normalized spacial score (nSPS) is 23.8. The molecule has 1 fully saturated rings. The van der Waals surface area contributed by atoms with E-state index < -0.39 is 10.0 Å². The SMILES string of the molecule is C[C@@H]1C[C@H](C)CN(S(=O)(=O)c2ccc(NC(=O)c3ccc4c(c3)NC(=O)[C@H](C)S4)cc2)C1. The highest BCUT2D eigenvalue weighted by Crippen LogP contribution is 2.36. The largest absolute Gasteiger partial charge is 0.324 e. The number of sulfonamides is 1. The van der Waals surface area contributed by atoms with Crippen LogP contribution in [0.2, 0.25) is 0 Å². The van der Waals surface area contributed by atoms with E-state index in [1.807, 2.05) is 13.0 Å². The summed E-state index contributed by atoms with van der Waals surface area (Å²) in [6.45, 7) is 7.03. The predicted molar refractivity (Wildman–Crippen MR) is 126 cm³/mol. The van der Waals surface area contributed by atoms with E-state index in [0.29, 0.717) is 41.9 Å². The zero-order valence-electron chi connectivity index (χ0n) is 18.3. The molecule has 4 rings (SSSR count). The molecule has 9 heteroatoms. The van der Waals surface area contributed by atoms with Gasteiger partial charge in [0.05, 0.1) is 15.8 Å².